The molecule has 1 aromatic rings. The predicted molar refractivity (Wildman–Crippen MR) is 65.7 cm³/mol. The Bertz CT molecular complexity index is 458. The Labute approximate surface area is 104 Å². The van der Waals surface area contributed by atoms with E-state index in [2.05, 4.69) is 9.88 Å². The first kappa shape index (κ1) is 12.3. The molecule has 0 unspecified atom stereocenters. The molecule has 0 spiro atoms. The maximum Gasteiger partial charge on any atom is 0.183 e. The van der Waals surface area contributed by atoms with Gasteiger partial charge in [-0.3, -0.25) is 4.90 Å². The number of hydrogen-bond acceptors (Lipinski definition) is 5. The molecule has 0 aromatic carbocycles. The van der Waals surface area contributed by atoms with Crippen molar-refractivity contribution in [2.24, 2.45) is 0 Å². The summed E-state index contributed by atoms with van der Waals surface area (Å²) in [6.07, 6.45) is 2.47. The number of rotatable bonds is 2. The van der Waals surface area contributed by atoms with E-state index < -0.39 is 9.84 Å². The molecule has 0 radical (unpaired) electrons. The van der Waals surface area contributed by atoms with Crippen LogP contribution in [0.3, 0.4) is 0 Å². The maximum atomic E-state index is 11.4. The Hall–Kier alpha value is -0.170. The van der Waals surface area contributed by atoms with E-state index in [1.54, 1.807) is 6.20 Å². The minimum Gasteiger partial charge on any atom is -0.297 e. The lowest BCUT2D eigenvalue weighted by atomic mass is 10.4. The van der Waals surface area contributed by atoms with Gasteiger partial charge in [0, 0.05) is 24.2 Å². The molecule has 0 atom stereocenters. The Morgan fingerprint density at radius 2 is 2.25 bits per heavy atom. The molecule has 2 rings (SSSR count). The summed E-state index contributed by atoms with van der Waals surface area (Å²) in [5, 5.41) is 0. The number of nitrogens with zero attached hydrogens (tertiary/aromatic N) is 2. The van der Waals surface area contributed by atoms with Gasteiger partial charge in [-0.25, -0.2) is 13.4 Å². The van der Waals surface area contributed by atoms with Crippen LogP contribution in [0.2, 0.25) is 4.47 Å². The van der Waals surface area contributed by atoms with E-state index in [1.165, 1.54) is 11.3 Å². The van der Waals surface area contributed by atoms with E-state index in [-0.39, 0.29) is 5.75 Å². The molecule has 1 aromatic heterocycles. The minimum absolute atomic E-state index is 0.263. The van der Waals surface area contributed by atoms with E-state index in [0.29, 0.717) is 16.8 Å². The quantitative estimate of drug-likeness (QED) is 0.822. The highest BCUT2D eigenvalue weighted by molar-refractivity contribution is 7.91. The van der Waals surface area contributed by atoms with Gasteiger partial charge in [0.15, 0.2) is 14.3 Å². The molecule has 2 heterocycles. The van der Waals surface area contributed by atoms with Crippen LogP contribution in [-0.2, 0) is 16.4 Å². The fourth-order valence-electron chi connectivity index (χ4n) is 1.73. The van der Waals surface area contributed by atoms with Crippen molar-refractivity contribution in [3.63, 3.8) is 0 Å². The van der Waals surface area contributed by atoms with Crippen molar-refractivity contribution in [2.75, 3.05) is 24.6 Å². The van der Waals surface area contributed by atoms with Crippen molar-refractivity contribution in [2.45, 2.75) is 13.0 Å². The second-order valence-electron chi connectivity index (χ2n) is 3.86. The summed E-state index contributed by atoms with van der Waals surface area (Å²) in [6, 6.07) is 0. The highest BCUT2D eigenvalue weighted by Gasteiger charge is 2.19. The third kappa shape index (κ3) is 3.41. The summed E-state index contributed by atoms with van der Waals surface area (Å²) in [4.78, 5) is 7.21. The average molecular weight is 281 g/mol. The van der Waals surface area contributed by atoms with E-state index in [0.717, 1.165) is 24.4 Å². The van der Waals surface area contributed by atoms with Gasteiger partial charge in [0.25, 0.3) is 0 Å². The monoisotopic (exact) mass is 280 g/mol. The van der Waals surface area contributed by atoms with Gasteiger partial charge in [-0.2, -0.15) is 0 Å². The van der Waals surface area contributed by atoms with Gasteiger partial charge in [0.2, 0.25) is 0 Å². The smallest absolute Gasteiger partial charge is 0.183 e. The topological polar surface area (TPSA) is 50.3 Å². The van der Waals surface area contributed by atoms with Gasteiger partial charge in [-0.05, 0) is 13.0 Å². The third-order valence-corrected chi connectivity index (χ3v) is 5.37. The van der Waals surface area contributed by atoms with Crippen molar-refractivity contribution < 1.29 is 8.42 Å². The number of aromatic nitrogens is 1. The van der Waals surface area contributed by atoms with Crippen molar-refractivity contribution in [1.82, 2.24) is 9.88 Å². The van der Waals surface area contributed by atoms with Crippen LogP contribution in [0, 0.1) is 0 Å². The average Bonchev–Trinajstić information content (AvgIpc) is 2.52. The van der Waals surface area contributed by atoms with Gasteiger partial charge in [0.05, 0.1) is 11.5 Å². The van der Waals surface area contributed by atoms with E-state index in [1.807, 2.05) is 0 Å². The molecule has 0 amide bonds. The molecule has 4 nitrogen and oxygen atoms in total. The Kier molecular flexibility index (Phi) is 3.84. The highest BCUT2D eigenvalue weighted by Crippen LogP contribution is 2.20. The zero-order valence-electron chi connectivity index (χ0n) is 8.73. The Morgan fingerprint density at radius 3 is 2.94 bits per heavy atom. The lowest BCUT2D eigenvalue weighted by molar-refractivity contribution is 0.289. The fourth-order valence-corrected chi connectivity index (χ4v) is 4.06. The summed E-state index contributed by atoms with van der Waals surface area (Å²) in [5.74, 6) is 0.576. The van der Waals surface area contributed by atoms with Crippen LogP contribution in [0.1, 0.15) is 11.3 Å². The minimum atomic E-state index is -2.82. The van der Waals surface area contributed by atoms with Gasteiger partial charge in [-0.1, -0.05) is 11.6 Å². The van der Waals surface area contributed by atoms with Gasteiger partial charge in [-0.15, -0.1) is 11.3 Å². The lowest BCUT2D eigenvalue weighted by Crippen LogP contribution is -2.26. The van der Waals surface area contributed by atoms with Crippen molar-refractivity contribution >= 4 is 32.8 Å². The largest absolute Gasteiger partial charge is 0.297 e. The number of sulfone groups is 1. The molecule has 1 saturated heterocycles. The van der Waals surface area contributed by atoms with E-state index in [4.69, 9.17) is 11.6 Å². The van der Waals surface area contributed by atoms with Crippen LogP contribution in [0.5, 0.6) is 0 Å². The first-order valence-electron chi connectivity index (χ1n) is 5.08. The predicted octanol–water partition coefficient (Wildman–Crippen LogP) is 1.42. The summed E-state index contributed by atoms with van der Waals surface area (Å²) in [5.41, 5.74) is 0. The summed E-state index contributed by atoms with van der Waals surface area (Å²) in [6.45, 7) is 2.19. The van der Waals surface area contributed by atoms with Crippen molar-refractivity contribution in [3.05, 3.63) is 15.5 Å². The molecule has 0 N–H and O–H groups in total. The van der Waals surface area contributed by atoms with Gasteiger partial charge < -0.3 is 0 Å². The van der Waals surface area contributed by atoms with Gasteiger partial charge in [0.1, 0.15) is 0 Å². The first-order valence-corrected chi connectivity index (χ1v) is 8.10. The molecule has 0 aliphatic carbocycles. The van der Waals surface area contributed by atoms with Crippen molar-refractivity contribution in [1.29, 1.82) is 0 Å². The fraction of sp³-hybridized carbons (Fsp3) is 0.667. The molecule has 1 fully saturated rings. The van der Waals surface area contributed by atoms with Crippen LogP contribution in [0.4, 0.5) is 0 Å². The summed E-state index contributed by atoms with van der Waals surface area (Å²) >= 11 is 7.20. The van der Waals surface area contributed by atoms with Crippen LogP contribution in [0.15, 0.2) is 6.20 Å². The zero-order chi connectivity index (χ0) is 11.6. The highest BCUT2D eigenvalue weighted by atomic mass is 35.5. The van der Waals surface area contributed by atoms with E-state index in [9.17, 15) is 8.42 Å². The molecular formula is C9H13ClN2O2S2. The normalized spacial score (nSPS) is 21.8. The molecule has 1 aliphatic heterocycles. The standard InChI is InChI=1S/C9H13ClN2O2S2/c10-9-11-6-8(15-9)7-12-2-1-4-16(13,14)5-3-12/h6H,1-5,7H2. The molecule has 1 aliphatic rings. The second kappa shape index (κ2) is 5.00. The van der Waals surface area contributed by atoms with Crippen LogP contribution in [-0.4, -0.2) is 42.9 Å². The number of halogens is 1. The first-order chi connectivity index (χ1) is 7.55. The second-order valence-corrected chi connectivity index (χ2v) is 7.86. The Morgan fingerprint density at radius 1 is 1.44 bits per heavy atom. The van der Waals surface area contributed by atoms with Crippen LogP contribution < -0.4 is 0 Å². The molecule has 16 heavy (non-hydrogen) atoms. The number of hydrogen-bond donors (Lipinski definition) is 0. The molecular weight excluding hydrogens is 268 g/mol. The summed E-state index contributed by atoms with van der Waals surface area (Å²) in [7, 11) is -2.82. The molecule has 0 saturated carbocycles. The summed E-state index contributed by atoms with van der Waals surface area (Å²) < 4.78 is 23.4. The van der Waals surface area contributed by atoms with Crippen molar-refractivity contribution in [3.8, 4) is 0 Å². The van der Waals surface area contributed by atoms with Crippen LogP contribution in [0.25, 0.3) is 0 Å². The van der Waals surface area contributed by atoms with E-state index >= 15 is 0 Å². The molecule has 7 heteroatoms. The SMILES string of the molecule is O=S1(=O)CCCN(Cc2cnc(Cl)s2)CC1. The molecule has 0 bridgehead atoms. The Balaban J connectivity index is 1.96. The molecule has 90 valence electrons. The lowest BCUT2D eigenvalue weighted by Gasteiger charge is -2.17. The van der Waals surface area contributed by atoms with Crippen LogP contribution >= 0.6 is 22.9 Å². The third-order valence-electron chi connectivity index (χ3n) is 2.55. The maximum absolute atomic E-state index is 11.4. The zero-order valence-corrected chi connectivity index (χ0v) is 11.1. The number of thiazole rings is 1. The van der Waals surface area contributed by atoms with Gasteiger partial charge >= 0.3 is 0 Å².